The first-order chi connectivity index (χ1) is 14.6. The summed E-state index contributed by atoms with van der Waals surface area (Å²) in [6, 6.07) is 13.4. The molecule has 1 atom stereocenters. The number of likely N-dealkylation sites (tertiary alicyclic amines) is 1. The van der Waals surface area contributed by atoms with Gasteiger partial charge in [-0.05, 0) is 30.2 Å². The SMILES string of the molecule is COc1ccccc1CCN1CC(C(=O)Nc2nc(-c3ccccn3)cs2)CC1=O. The third-order valence-electron chi connectivity index (χ3n) is 5.09. The molecule has 1 saturated heterocycles. The molecule has 1 N–H and O–H groups in total. The molecule has 1 fully saturated rings. The zero-order valence-electron chi connectivity index (χ0n) is 16.6. The Balaban J connectivity index is 1.33. The normalized spacial score (nSPS) is 16.0. The van der Waals surface area contributed by atoms with Crippen LogP contribution in [0.15, 0.2) is 54.0 Å². The number of carbonyl (C=O) groups excluding carboxylic acids is 2. The van der Waals surface area contributed by atoms with E-state index in [-0.39, 0.29) is 24.2 Å². The van der Waals surface area contributed by atoms with Crippen LogP contribution in [0.25, 0.3) is 11.4 Å². The molecule has 8 heteroatoms. The van der Waals surface area contributed by atoms with Crippen molar-refractivity contribution in [3.05, 3.63) is 59.6 Å². The Bertz CT molecular complexity index is 1040. The zero-order chi connectivity index (χ0) is 20.9. The van der Waals surface area contributed by atoms with E-state index in [0.717, 1.165) is 22.7 Å². The first kappa shape index (κ1) is 20.0. The summed E-state index contributed by atoms with van der Waals surface area (Å²) >= 11 is 1.35. The van der Waals surface area contributed by atoms with Gasteiger partial charge in [-0.1, -0.05) is 24.3 Å². The Hall–Kier alpha value is -3.26. The van der Waals surface area contributed by atoms with Gasteiger partial charge in [0.15, 0.2) is 5.13 Å². The minimum absolute atomic E-state index is 0.00152. The van der Waals surface area contributed by atoms with E-state index in [0.29, 0.717) is 24.6 Å². The summed E-state index contributed by atoms with van der Waals surface area (Å²) in [6.45, 7) is 0.975. The highest BCUT2D eigenvalue weighted by Crippen LogP contribution is 2.26. The number of nitrogens with one attached hydrogen (secondary N) is 1. The van der Waals surface area contributed by atoms with Crippen LogP contribution in [0.2, 0.25) is 0 Å². The molecule has 0 spiro atoms. The van der Waals surface area contributed by atoms with Gasteiger partial charge in [-0.15, -0.1) is 11.3 Å². The zero-order valence-corrected chi connectivity index (χ0v) is 17.4. The Morgan fingerprint density at radius 1 is 1.23 bits per heavy atom. The summed E-state index contributed by atoms with van der Waals surface area (Å²) in [5.74, 6) is 0.256. The summed E-state index contributed by atoms with van der Waals surface area (Å²) in [5.41, 5.74) is 2.52. The topological polar surface area (TPSA) is 84.4 Å². The number of carbonyl (C=O) groups is 2. The Kier molecular flexibility index (Phi) is 6.04. The van der Waals surface area contributed by atoms with Crippen molar-refractivity contribution in [3.8, 4) is 17.1 Å². The molecule has 1 unspecified atom stereocenters. The number of benzene rings is 1. The van der Waals surface area contributed by atoms with Crippen LogP contribution in [0.3, 0.4) is 0 Å². The van der Waals surface area contributed by atoms with Crippen molar-refractivity contribution in [1.29, 1.82) is 0 Å². The predicted molar refractivity (Wildman–Crippen MR) is 115 cm³/mol. The van der Waals surface area contributed by atoms with E-state index >= 15 is 0 Å². The van der Waals surface area contributed by atoms with Crippen molar-refractivity contribution >= 4 is 28.3 Å². The van der Waals surface area contributed by atoms with Crippen LogP contribution < -0.4 is 10.1 Å². The van der Waals surface area contributed by atoms with E-state index in [9.17, 15) is 9.59 Å². The summed E-state index contributed by atoms with van der Waals surface area (Å²) in [5, 5.41) is 5.22. The van der Waals surface area contributed by atoms with Crippen LogP contribution in [0.4, 0.5) is 5.13 Å². The highest BCUT2D eigenvalue weighted by atomic mass is 32.1. The van der Waals surface area contributed by atoms with Gasteiger partial charge in [0.2, 0.25) is 11.8 Å². The number of para-hydroxylation sites is 1. The van der Waals surface area contributed by atoms with Gasteiger partial charge in [0.05, 0.1) is 18.7 Å². The molecule has 1 aliphatic rings. The molecule has 0 bridgehead atoms. The number of anilines is 1. The van der Waals surface area contributed by atoms with E-state index in [1.54, 1.807) is 18.2 Å². The number of methoxy groups -OCH3 is 1. The van der Waals surface area contributed by atoms with Crippen molar-refractivity contribution in [3.63, 3.8) is 0 Å². The average molecular weight is 423 g/mol. The molecule has 3 aromatic rings. The smallest absolute Gasteiger partial charge is 0.231 e. The van der Waals surface area contributed by atoms with Crippen molar-refractivity contribution in [2.24, 2.45) is 5.92 Å². The number of amides is 2. The third-order valence-corrected chi connectivity index (χ3v) is 5.85. The van der Waals surface area contributed by atoms with Crippen LogP contribution in [-0.4, -0.2) is 46.9 Å². The second-order valence-electron chi connectivity index (χ2n) is 7.04. The van der Waals surface area contributed by atoms with Crippen LogP contribution >= 0.6 is 11.3 Å². The molecule has 2 amide bonds. The lowest BCUT2D eigenvalue weighted by Gasteiger charge is -2.17. The predicted octanol–water partition coefficient (Wildman–Crippen LogP) is 3.24. The van der Waals surface area contributed by atoms with E-state index in [1.165, 1.54) is 11.3 Å². The molecular weight excluding hydrogens is 400 g/mol. The van der Waals surface area contributed by atoms with Crippen LogP contribution in [0.1, 0.15) is 12.0 Å². The number of ether oxygens (including phenoxy) is 1. The van der Waals surface area contributed by atoms with Crippen molar-refractivity contribution in [2.75, 3.05) is 25.5 Å². The Labute approximate surface area is 178 Å². The van der Waals surface area contributed by atoms with Crippen LogP contribution in [0, 0.1) is 5.92 Å². The van der Waals surface area contributed by atoms with Gasteiger partial charge >= 0.3 is 0 Å². The van der Waals surface area contributed by atoms with Gasteiger partial charge in [-0.25, -0.2) is 4.98 Å². The second kappa shape index (κ2) is 9.04. The van der Waals surface area contributed by atoms with Crippen LogP contribution in [0.5, 0.6) is 5.75 Å². The Morgan fingerprint density at radius 3 is 2.87 bits per heavy atom. The van der Waals surface area contributed by atoms with E-state index in [1.807, 2.05) is 47.8 Å². The number of hydrogen-bond acceptors (Lipinski definition) is 6. The average Bonchev–Trinajstić information content (AvgIpc) is 3.39. The Morgan fingerprint density at radius 2 is 2.07 bits per heavy atom. The summed E-state index contributed by atoms with van der Waals surface area (Å²) in [7, 11) is 1.64. The molecule has 1 aliphatic heterocycles. The lowest BCUT2D eigenvalue weighted by atomic mass is 10.1. The molecule has 30 heavy (non-hydrogen) atoms. The number of pyridine rings is 1. The molecule has 4 rings (SSSR count). The molecule has 7 nitrogen and oxygen atoms in total. The van der Waals surface area contributed by atoms with Gasteiger partial charge in [-0.2, -0.15) is 0 Å². The van der Waals surface area contributed by atoms with Gasteiger partial charge in [0.25, 0.3) is 0 Å². The molecule has 154 valence electrons. The monoisotopic (exact) mass is 422 g/mol. The summed E-state index contributed by atoms with van der Waals surface area (Å²) in [6.07, 6.45) is 2.61. The third kappa shape index (κ3) is 4.49. The number of rotatable bonds is 7. The summed E-state index contributed by atoms with van der Waals surface area (Å²) in [4.78, 5) is 35.5. The first-order valence-electron chi connectivity index (χ1n) is 9.71. The maximum atomic E-state index is 12.7. The maximum absolute atomic E-state index is 12.7. The first-order valence-corrected chi connectivity index (χ1v) is 10.6. The quantitative estimate of drug-likeness (QED) is 0.632. The van der Waals surface area contributed by atoms with E-state index in [2.05, 4.69) is 15.3 Å². The van der Waals surface area contributed by atoms with Crippen molar-refractivity contribution in [2.45, 2.75) is 12.8 Å². The van der Waals surface area contributed by atoms with Gasteiger partial charge < -0.3 is 15.0 Å². The highest BCUT2D eigenvalue weighted by Gasteiger charge is 2.34. The fraction of sp³-hybridized carbons (Fsp3) is 0.273. The second-order valence-corrected chi connectivity index (χ2v) is 7.90. The maximum Gasteiger partial charge on any atom is 0.231 e. The molecular formula is C22H22N4O3S. The molecule has 3 heterocycles. The van der Waals surface area contributed by atoms with E-state index in [4.69, 9.17) is 4.74 Å². The molecule has 0 saturated carbocycles. The van der Waals surface area contributed by atoms with Gasteiger partial charge in [0.1, 0.15) is 11.4 Å². The molecule has 0 aliphatic carbocycles. The number of hydrogen-bond donors (Lipinski definition) is 1. The fourth-order valence-corrected chi connectivity index (χ4v) is 4.21. The van der Waals surface area contributed by atoms with Crippen molar-refractivity contribution < 1.29 is 14.3 Å². The number of thiazole rings is 1. The minimum Gasteiger partial charge on any atom is -0.496 e. The highest BCUT2D eigenvalue weighted by molar-refractivity contribution is 7.14. The molecule has 0 radical (unpaired) electrons. The van der Waals surface area contributed by atoms with Gasteiger partial charge in [0, 0.05) is 31.1 Å². The number of aromatic nitrogens is 2. The molecule has 2 aromatic heterocycles. The minimum atomic E-state index is -0.377. The largest absolute Gasteiger partial charge is 0.496 e. The fourth-order valence-electron chi connectivity index (χ4n) is 3.50. The molecule has 1 aromatic carbocycles. The summed E-state index contributed by atoms with van der Waals surface area (Å²) < 4.78 is 5.37. The standard InChI is InChI=1S/C22H22N4O3S/c1-29-19-8-3-2-6-15(19)9-11-26-13-16(12-20(26)27)21(28)25-22-24-18(14-30-22)17-7-4-5-10-23-17/h2-8,10,14,16H,9,11-13H2,1H3,(H,24,25,28). The lowest BCUT2D eigenvalue weighted by Crippen LogP contribution is -2.30. The number of nitrogens with zero attached hydrogens (tertiary/aromatic N) is 3. The lowest BCUT2D eigenvalue weighted by molar-refractivity contribution is -0.128. The van der Waals surface area contributed by atoms with E-state index < -0.39 is 0 Å². The van der Waals surface area contributed by atoms with Crippen molar-refractivity contribution in [1.82, 2.24) is 14.9 Å². The van der Waals surface area contributed by atoms with Gasteiger partial charge in [-0.3, -0.25) is 14.6 Å². The van der Waals surface area contributed by atoms with Crippen LogP contribution in [-0.2, 0) is 16.0 Å².